The van der Waals surface area contributed by atoms with Crippen LogP contribution in [-0.4, -0.2) is 31.1 Å². The number of hydrogen-bond acceptors (Lipinski definition) is 4. The second kappa shape index (κ2) is 6.01. The van der Waals surface area contributed by atoms with Crippen LogP contribution in [0.2, 0.25) is 0 Å². The lowest BCUT2D eigenvalue weighted by Crippen LogP contribution is -2.28. The molecule has 1 saturated heterocycles. The Kier molecular flexibility index (Phi) is 4.96. The quantitative estimate of drug-likeness (QED) is 0.533. The summed E-state index contributed by atoms with van der Waals surface area (Å²) < 4.78 is 16.2. The Morgan fingerprint density at radius 3 is 2.62 bits per heavy atom. The van der Waals surface area contributed by atoms with E-state index in [-0.39, 0.29) is 12.1 Å². The Morgan fingerprint density at radius 1 is 1.44 bits per heavy atom. The molecule has 1 rings (SSSR count). The molecule has 0 radical (unpaired) electrons. The van der Waals surface area contributed by atoms with Crippen molar-refractivity contribution in [2.45, 2.75) is 45.5 Å². The standard InChI is InChI=1S/C12H20O4/c1-4-12(5-2)15-9-10(16-12)7-8-11(13)14-6-3/h7-8,10H,4-6,9H2,1-3H3/b8-7+/t10-/m1/s1. The number of carbonyl (C=O) groups is 1. The number of rotatable bonds is 5. The van der Waals surface area contributed by atoms with E-state index >= 15 is 0 Å². The molecule has 1 aliphatic rings. The third-order valence-corrected chi connectivity index (χ3v) is 2.69. The van der Waals surface area contributed by atoms with Crippen molar-refractivity contribution in [3.8, 4) is 0 Å². The van der Waals surface area contributed by atoms with Gasteiger partial charge < -0.3 is 14.2 Å². The summed E-state index contributed by atoms with van der Waals surface area (Å²) in [5.41, 5.74) is 0. The number of carbonyl (C=O) groups excluding carboxylic acids is 1. The van der Waals surface area contributed by atoms with E-state index in [0.717, 1.165) is 12.8 Å². The van der Waals surface area contributed by atoms with Crippen molar-refractivity contribution < 1.29 is 19.0 Å². The van der Waals surface area contributed by atoms with Gasteiger partial charge in [0.05, 0.1) is 13.2 Å². The molecule has 0 saturated carbocycles. The van der Waals surface area contributed by atoms with Crippen molar-refractivity contribution in [2.75, 3.05) is 13.2 Å². The molecule has 0 bridgehead atoms. The summed E-state index contributed by atoms with van der Waals surface area (Å²) in [6, 6.07) is 0. The molecule has 0 aromatic heterocycles. The highest BCUT2D eigenvalue weighted by Gasteiger charge is 2.37. The highest BCUT2D eigenvalue weighted by atomic mass is 16.7. The zero-order valence-corrected chi connectivity index (χ0v) is 10.2. The van der Waals surface area contributed by atoms with Gasteiger partial charge in [-0.25, -0.2) is 4.79 Å². The SMILES string of the molecule is CCOC(=O)/C=C/[C@@H]1COC(CC)(CC)O1. The lowest BCUT2D eigenvalue weighted by atomic mass is 10.1. The first-order valence-electron chi connectivity index (χ1n) is 5.82. The molecule has 16 heavy (non-hydrogen) atoms. The second-order valence-corrected chi connectivity index (χ2v) is 3.70. The van der Waals surface area contributed by atoms with Crippen molar-refractivity contribution in [2.24, 2.45) is 0 Å². The molecule has 0 N–H and O–H groups in total. The number of esters is 1. The Bertz CT molecular complexity index is 256. The van der Waals surface area contributed by atoms with E-state index in [0.29, 0.717) is 13.2 Å². The van der Waals surface area contributed by atoms with E-state index in [4.69, 9.17) is 14.2 Å². The summed E-state index contributed by atoms with van der Waals surface area (Å²) >= 11 is 0. The van der Waals surface area contributed by atoms with Gasteiger partial charge in [0.15, 0.2) is 5.79 Å². The largest absolute Gasteiger partial charge is 0.463 e. The van der Waals surface area contributed by atoms with Crippen LogP contribution >= 0.6 is 0 Å². The Balaban J connectivity index is 2.44. The van der Waals surface area contributed by atoms with E-state index in [9.17, 15) is 4.79 Å². The zero-order chi connectivity index (χ0) is 12.0. The first kappa shape index (κ1) is 13.2. The lowest BCUT2D eigenvalue weighted by molar-refractivity contribution is -0.167. The van der Waals surface area contributed by atoms with Crippen LogP contribution in [0.1, 0.15) is 33.6 Å². The van der Waals surface area contributed by atoms with Crippen LogP contribution in [0.5, 0.6) is 0 Å². The molecule has 0 unspecified atom stereocenters. The predicted molar refractivity (Wildman–Crippen MR) is 59.9 cm³/mol. The van der Waals surface area contributed by atoms with Crippen LogP contribution in [0.15, 0.2) is 12.2 Å². The monoisotopic (exact) mass is 228 g/mol. The fraction of sp³-hybridized carbons (Fsp3) is 0.750. The molecular weight excluding hydrogens is 208 g/mol. The van der Waals surface area contributed by atoms with Crippen LogP contribution < -0.4 is 0 Å². The first-order chi connectivity index (χ1) is 7.65. The summed E-state index contributed by atoms with van der Waals surface area (Å²) in [6.07, 6.45) is 4.58. The van der Waals surface area contributed by atoms with Crippen LogP contribution in [0.3, 0.4) is 0 Å². The molecule has 0 aromatic rings. The minimum Gasteiger partial charge on any atom is -0.463 e. The average molecular weight is 228 g/mol. The summed E-state index contributed by atoms with van der Waals surface area (Å²) in [4.78, 5) is 11.1. The Morgan fingerprint density at radius 2 is 2.12 bits per heavy atom. The van der Waals surface area contributed by atoms with E-state index in [1.165, 1.54) is 6.08 Å². The molecule has 4 nitrogen and oxygen atoms in total. The third-order valence-electron chi connectivity index (χ3n) is 2.69. The molecule has 0 aliphatic carbocycles. The minimum atomic E-state index is -0.469. The van der Waals surface area contributed by atoms with Crippen molar-refractivity contribution in [3.63, 3.8) is 0 Å². The van der Waals surface area contributed by atoms with Gasteiger partial charge in [0.2, 0.25) is 0 Å². The number of ether oxygens (including phenoxy) is 3. The van der Waals surface area contributed by atoms with E-state index in [2.05, 4.69) is 0 Å². The van der Waals surface area contributed by atoms with Gasteiger partial charge in [-0.15, -0.1) is 0 Å². The third kappa shape index (κ3) is 3.32. The minimum absolute atomic E-state index is 0.149. The molecule has 0 spiro atoms. The molecule has 4 heteroatoms. The maximum atomic E-state index is 11.1. The van der Waals surface area contributed by atoms with Gasteiger partial charge in [0.25, 0.3) is 0 Å². The van der Waals surface area contributed by atoms with Gasteiger partial charge in [0.1, 0.15) is 6.10 Å². The van der Waals surface area contributed by atoms with Crippen LogP contribution in [0.25, 0.3) is 0 Å². The molecule has 0 amide bonds. The normalized spacial score (nSPS) is 23.8. The molecule has 92 valence electrons. The van der Waals surface area contributed by atoms with Crippen LogP contribution in [0, 0.1) is 0 Å². The highest BCUT2D eigenvalue weighted by Crippen LogP contribution is 2.30. The predicted octanol–water partition coefficient (Wildman–Crippen LogP) is 2.04. The van der Waals surface area contributed by atoms with Crippen molar-refractivity contribution in [1.29, 1.82) is 0 Å². The van der Waals surface area contributed by atoms with E-state index in [1.807, 2.05) is 13.8 Å². The van der Waals surface area contributed by atoms with Crippen molar-refractivity contribution in [1.82, 2.24) is 0 Å². The fourth-order valence-corrected chi connectivity index (χ4v) is 1.67. The Hall–Kier alpha value is -0.870. The topological polar surface area (TPSA) is 44.8 Å². The smallest absolute Gasteiger partial charge is 0.330 e. The second-order valence-electron chi connectivity index (χ2n) is 3.70. The van der Waals surface area contributed by atoms with Gasteiger partial charge in [-0.05, 0) is 25.8 Å². The molecule has 1 heterocycles. The maximum absolute atomic E-state index is 11.1. The molecule has 1 fully saturated rings. The van der Waals surface area contributed by atoms with Gasteiger partial charge in [-0.2, -0.15) is 0 Å². The fourth-order valence-electron chi connectivity index (χ4n) is 1.67. The number of hydrogen-bond donors (Lipinski definition) is 0. The summed E-state index contributed by atoms with van der Waals surface area (Å²) in [6.45, 7) is 6.72. The average Bonchev–Trinajstić information content (AvgIpc) is 2.71. The zero-order valence-electron chi connectivity index (χ0n) is 10.2. The van der Waals surface area contributed by atoms with Gasteiger partial charge in [-0.3, -0.25) is 0 Å². The summed E-state index contributed by atoms with van der Waals surface area (Å²) in [7, 11) is 0. The van der Waals surface area contributed by atoms with Gasteiger partial charge in [-0.1, -0.05) is 13.8 Å². The molecule has 1 aliphatic heterocycles. The van der Waals surface area contributed by atoms with E-state index in [1.54, 1.807) is 13.0 Å². The molecule has 0 aromatic carbocycles. The molecule has 1 atom stereocenters. The Labute approximate surface area is 96.6 Å². The van der Waals surface area contributed by atoms with Crippen molar-refractivity contribution in [3.05, 3.63) is 12.2 Å². The first-order valence-corrected chi connectivity index (χ1v) is 5.82. The van der Waals surface area contributed by atoms with Gasteiger partial charge >= 0.3 is 5.97 Å². The van der Waals surface area contributed by atoms with Crippen LogP contribution in [0.4, 0.5) is 0 Å². The molecular formula is C12H20O4. The van der Waals surface area contributed by atoms with Crippen LogP contribution in [-0.2, 0) is 19.0 Å². The maximum Gasteiger partial charge on any atom is 0.330 e. The van der Waals surface area contributed by atoms with Crippen molar-refractivity contribution >= 4 is 5.97 Å². The summed E-state index contributed by atoms with van der Waals surface area (Å²) in [5, 5.41) is 0. The summed E-state index contributed by atoms with van der Waals surface area (Å²) in [5.74, 6) is -0.805. The lowest BCUT2D eigenvalue weighted by Gasteiger charge is -2.24. The van der Waals surface area contributed by atoms with E-state index < -0.39 is 5.79 Å². The highest BCUT2D eigenvalue weighted by molar-refractivity contribution is 5.81. The van der Waals surface area contributed by atoms with Gasteiger partial charge in [0, 0.05) is 6.08 Å².